The second kappa shape index (κ2) is 6.59. The number of benzene rings is 3. The summed E-state index contributed by atoms with van der Waals surface area (Å²) in [5, 5.41) is 2.00. The maximum Gasteiger partial charge on any atom is 0.259 e. The van der Waals surface area contributed by atoms with E-state index in [0.29, 0.717) is 5.02 Å². The van der Waals surface area contributed by atoms with Gasteiger partial charge in [-0.2, -0.15) is 0 Å². The van der Waals surface area contributed by atoms with Crippen LogP contribution in [-0.4, -0.2) is 8.42 Å². The van der Waals surface area contributed by atoms with Gasteiger partial charge in [-0.1, -0.05) is 59.6 Å². The molecule has 0 amide bonds. The molecule has 0 unspecified atom stereocenters. The van der Waals surface area contributed by atoms with Crippen LogP contribution in [0, 0.1) is 0 Å². The topological polar surface area (TPSA) is 49.4 Å². The highest BCUT2D eigenvalue weighted by molar-refractivity contribution is 7.89. The highest BCUT2D eigenvalue weighted by atomic mass is 35.5. The van der Waals surface area contributed by atoms with Gasteiger partial charge in [0.2, 0.25) is 0 Å². The molecule has 1 aliphatic rings. The van der Waals surface area contributed by atoms with Crippen molar-refractivity contribution in [1.29, 1.82) is 0 Å². The number of para-hydroxylation sites is 2. The lowest BCUT2D eigenvalue weighted by Crippen LogP contribution is -2.41. The number of fused-ring (bicyclic) bond motifs is 2. The van der Waals surface area contributed by atoms with Crippen molar-refractivity contribution in [3.05, 3.63) is 87.9 Å². The van der Waals surface area contributed by atoms with Crippen LogP contribution < -0.4 is 9.84 Å². The van der Waals surface area contributed by atoms with Gasteiger partial charge in [0.05, 0.1) is 16.4 Å². The highest BCUT2D eigenvalue weighted by Gasteiger charge is 2.28. The van der Waals surface area contributed by atoms with Crippen molar-refractivity contribution in [2.45, 2.75) is 11.3 Å². The van der Waals surface area contributed by atoms with E-state index in [4.69, 9.17) is 23.2 Å². The molecule has 0 spiro atoms. The number of halogens is 2. The highest BCUT2D eigenvalue weighted by Crippen LogP contribution is 2.38. The van der Waals surface area contributed by atoms with Crippen molar-refractivity contribution < 1.29 is 8.42 Å². The molecule has 4 rings (SSSR count). The molecule has 3 aromatic carbocycles. The van der Waals surface area contributed by atoms with E-state index in [1.54, 1.807) is 11.1 Å². The molecule has 0 radical (unpaired) electrons. The lowest BCUT2D eigenvalue weighted by molar-refractivity contribution is 0.582. The first kappa shape index (κ1) is 17.4. The third-order valence-corrected chi connectivity index (χ3v) is 6.26. The zero-order chi connectivity index (χ0) is 18.3. The summed E-state index contributed by atoms with van der Waals surface area (Å²) in [6.07, 6.45) is 0.739. The van der Waals surface area contributed by atoms with Gasteiger partial charge in [0, 0.05) is 11.4 Å². The van der Waals surface area contributed by atoms with Crippen LogP contribution in [0.2, 0.25) is 10.0 Å². The van der Waals surface area contributed by atoms with E-state index in [-0.39, 0.29) is 9.92 Å². The maximum absolute atomic E-state index is 13.0. The summed E-state index contributed by atoms with van der Waals surface area (Å²) in [5.41, 5.74) is 3.64. The number of sulfonamides is 1. The molecule has 0 fully saturated rings. The van der Waals surface area contributed by atoms with Gasteiger partial charge < -0.3 is 0 Å². The van der Waals surface area contributed by atoms with E-state index in [1.807, 2.05) is 48.5 Å². The average Bonchev–Trinajstić information content (AvgIpc) is 2.63. The number of hydrogen-bond acceptors (Lipinski definition) is 3. The largest absolute Gasteiger partial charge is 0.263 e. The van der Waals surface area contributed by atoms with E-state index in [1.165, 1.54) is 12.1 Å². The monoisotopic (exact) mass is 404 g/mol. The van der Waals surface area contributed by atoms with Crippen LogP contribution >= 0.6 is 23.2 Å². The molecule has 0 aliphatic carbocycles. The quantitative estimate of drug-likeness (QED) is 0.672. The number of hydrogen-bond donors (Lipinski definition) is 1. The lowest BCUT2D eigenvalue weighted by Gasteiger charge is -2.33. The smallest absolute Gasteiger partial charge is 0.259 e. The maximum atomic E-state index is 13.0. The third kappa shape index (κ3) is 3.08. The Labute approximate surface area is 162 Å². The molecule has 0 bridgehead atoms. The SMILES string of the molecule is O=S(=O)(NN1c2ccccc2Cc2ccccc21)c1cc(Cl)ccc1Cl. The number of nitrogens with zero attached hydrogens (tertiary/aromatic N) is 1. The van der Waals surface area contributed by atoms with Crippen molar-refractivity contribution in [3.8, 4) is 0 Å². The van der Waals surface area contributed by atoms with Gasteiger partial charge in [-0.25, -0.2) is 8.42 Å². The van der Waals surface area contributed by atoms with E-state index in [0.717, 1.165) is 28.9 Å². The first-order valence-electron chi connectivity index (χ1n) is 7.89. The van der Waals surface area contributed by atoms with Crippen LogP contribution in [0.1, 0.15) is 11.1 Å². The predicted molar refractivity (Wildman–Crippen MR) is 105 cm³/mol. The first-order chi connectivity index (χ1) is 12.5. The molecule has 0 aromatic heterocycles. The first-order valence-corrected chi connectivity index (χ1v) is 10.1. The van der Waals surface area contributed by atoms with Crippen LogP contribution in [0.25, 0.3) is 0 Å². The fourth-order valence-electron chi connectivity index (χ4n) is 3.04. The van der Waals surface area contributed by atoms with Crippen molar-refractivity contribution in [1.82, 2.24) is 4.83 Å². The summed E-state index contributed by atoms with van der Waals surface area (Å²) < 4.78 is 26.0. The molecule has 7 heteroatoms. The lowest BCUT2D eigenvalue weighted by atomic mass is 9.97. The standard InChI is InChI=1S/C19H14Cl2N2O2S/c20-15-9-10-16(21)19(12-15)26(24,25)22-23-17-7-3-1-5-13(17)11-14-6-2-4-8-18(14)23/h1-10,12,22H,11H2. The van der Waals surface area contributed by atoms with Gasteiger partial charge in [0.25, 0.3) is 10.0 Å². The molecule has 1 heterocycles. The molecular formula is C19H14Cl2N2O2S. The molecular weight excluding hydrogens is 391 g/mol. The van der Waals surface area contributed by atoms with Gasteiger partial charge in [-0.3, -0.25) is 5.01 Å². The molecule has 3 aromatic rings. The molecule has 0 saturated heterocycles. The van der Waals surface area contributed by atoms with Crippen molar-refractivity contribution in [2.24, 2.45) is 0 Å². The summed E-state index contributed by atoms with van der Waals surface area (Å²) >= 11 is 12.1. The Morgan fingerprint density at radius 3 is 2.04 bits per heavy atom. The molecule has 1 N–H and O–H groups in total. The third-order valence-electron chi connectivity index (χ3n) is 4.24. The molecule has 26 heavy (non-hydrogen) atoms. The molecule has 0 saturated carbocycles. The Morgan fingerprint density at radius 1 is 0.846 bits per heavy atom. The number of rotatable bonds is 3. The second-order valence-corrected chi connectivity index (χ2v) is 8.41. The van der Waals surface area contributed by atoms with Crippen molar-refractivity contribution in [3.63, 3.8) is 0 Å². The van der Waals surface area contributed by atoms with Crippen LogP contribution in [0.4, 0.5) is 11.4 Å². The van der Waals surface area contributed by atoms with Gasteiger partial charge in [-0.05, 0) is 41.5 Å². The van der Waals surface area contributed by atoms with E-state index < -0.39 is 10.0 Å². The Balaban J connectivity index is 1.82. The fourth-order valence-corrected chi connectivity index (χ4v) is 4.84. The molecule has 1 aliphatic heterocycles. The summed E-state index contributed by atoms with van der Waals surface area (Å²) in [4.78, 5) is 2.59. The zero-order valence-corrected chi connectivity index (χ0v) is 15.8. The summed E-state index contributed by atoms with van der Waals surface area (Å²) in [7, 11) is -3.94. The number of anilines is 2. The van der Waals surface area contributed by atoms with E-state index >= 15 is 0 Å². The van der Waals surface area contributed by atoms with Crippen molar-refractivity contribution in [2.75, 3.05) is 5.01 Å². The van der Waals surface area contributed by atoms with Crippen molar-refractivity contribution >= 4 is 44.6 Å². The van der Waals surface area contributed by atoms with Crippen LogP contribution in [-0.2, 0) is 16.4 Å². The predicted octanol–water partition coefficient (Wildman–Crippen LogP) is 4.93. The number of nitrogens with one attached hydrogen (secondary N) is 1. The minimum absolute atomic E-state index is 0.0628. The normalized spacial score (nSPS) is 13.2. The summed E-state index contributed by atoms with van der Waals surface area (Å²) in [6, 6.07) is 19.7. The van der Waals surface area contributed by atoms with Gasteiger partial charge in [-0.15, -0.1) is 4.83 Å². The summed E-state index contributed by atoms with van der Waals surface area (Å²) in [6.45, 7) is 0. The van der Waals surface area contributed by atoms with E-state index in [2.05, 4.69) is 4.83 Å². The van der Waals surface area contributed by atoms with Crippen LogP contribution in [0.15, 0.2) is 71.6 Å². The van der Waals surface area contributed by atoms with Gasteiger partial charge >= 0.3 is 0 Å². The van der Waals surface area contributed by atoms with E-state index in [9.17, 15) is 8.42 Å². The Kier molecular flexibility index (Phi) is 4.40. The minimum Gasteiger partial charge on any atom is -0.263 e. The Hall–Kier alpha value is -2.05. The Bertz CT molecular complexity index is 1050. The van der Waals surface area contributed by atoms with Gasteiger partial charge in [0.1, 0.15) is 4.90 Å². The number of hydrazine groups is 1. The molecule has 0 atom stereocenters. The fraction of sp³-hybridized carbons (Fsp3) is 0.0526. The summed E-state index contributed by atoms with van der Waals surface area (Å²) in [5.74, 6) is 0. The zero-order valence-electron chi connectivity index (χ0n) is 13.5. The van der Waals surface area contributed by atoms with Crippen LogP contribution in [0.5, 0.6) is 0 Å². The molecule has 4 nitrogen and oxygen atoms in total. The molecule has 132 valence electrons. The second-order valence-electron chi connectivity index (χ2n) is 5.94. The minimum atomic E-state index is -3.94. The Morgan fingerprint density at radius 2 is 1.42 bits per heavy atom. The van der Waals surface area contributed by atoms with Crippen LogP contribution in [0.3, 0.4) is 0 Å². The van der Waals surface area contributed by atoms with Gasteiger partial charge in [0.15, 0.2) is 0 Å². The average molecular weight is 405 g/mol.